The average Bonchev–Trinajstić information content (AvgIpc) is 2.82. The molecule has 1 aliphatic heterocycles. The van der Waals surface area contributed by atoms with Gasteiger partial charge in [0.05, 0.1) is 16.5 Å². The highest BCUT2D eigenvalue weighted by Crippen LogP contribution is 2.23. The Hall–Kier alpha value is -1.43. The zero-order chi connectivity index (χ0) is 11.9. The van der Waals surface area contributed by atoms with Crippen molar-refractivity contribution in [1.29, 1.82) is 0 Å². The first-order valence-electron chi connectivity index (χ1n) is 5.66. The van der Waals surface area contributed by atoms with Crippen molar-refractivity contribution in [3.63, 3.8) is 0 Å². The monoisotopic (exact) mass is 251 g/mol. The number of aromatic nitrogens is 3. The van der Waals surface area contributed by atoms with E-state index in [9.17, 15) is 8.42 Å². The van der Waals surface area contributed by atoms with E-state index in [1.165, 1.54) is 0 Å². The summed E-state index contributed by atoms with van der Waals surface area (Å²) in [5.74, 6) is 1.03. The van der Waals surface area contributed by atoms with Gasteiger partial charge in [-0.1, -0.05) is 0 Å². The van der Waals surface area contributed by atoms with Crippen LogP contribution < -0.4 is 0 Å². The van der Waals surface area contributed by atoms with Gasteiger partial charge in [0, 0.05) is 12.6 Å². The number of hydrogen-bond donors (Lipinski definition) is 1. The van der Waals surface area contributed by atoms with Crippen LogP contribution in [0.3, 0.4) is 0 Å². The van der Waals surface area contributed by atoms with Gasteiger partial charge >= 0.3 is 0 Å². The Labute approximate surface area is 99.2 Å². The smallest absolute Gasteiger partial charge is 0.177 e. The Kier molecular flexibility index (Phi) is 2.39. The van der Waals surface area contributed by atoms with E-state index >= 15 is 0 Å². The van der Waals surface area contributed by atoms with Gasteiger partial charge in [0.1, 0.15) is 5.82 Å². The number of fused-ring (bicyclic) bond motifs is 1. The summed E-state index contributed by atoms with van der Waals surface area (Å²) in [6.45, 7) is 0. The normalized spacial score (nSPS) is 23.2. The van der Waals surface area contributed by atoms with Gasteiger partial charge in [-0.3, -0.25) is 0 Å². The molecule has 0 aliphatic carbocycles. The summed E-state index contributed by atoms with van der Waals surface area (Å²) in [4.78, 5) is 11.6. The van der Waals surface area contributed by atoms with E-state index < -0.39 is 9.84 Å². The first-order valence-corrected chi connectivity index (χ1v) is 7.38. The molecule has 3 heterocycles. The Morgan fingerprint density at radius 3 is 3.06 bits per heavy atom. The van der Waals surface area contributed by atoms with Gasteiger partial charge in [0.25, 0.3) is 0 Å². The maximum Gasteiger partial charge on any atom is 0.177 e. The zero-order valence-corrected chi connectivity index (χ0v) is 10.1. The second-order valence-corrected chi connectivity index (χ2v) is 6.79. The Morgan fingerprint density at radius 2 is 2.35 bits per heavy atom. The van der Waals surface area contributed by atoms with E-state index in [1.54, 1.807) is 6.20 Å². The van der Waals surface area contributed by atoms with Gasteiger partial charge in [-0.25, -0.2) is 18.4 Å². The van der Waals surface area contributed by atoms with Crippen molar-refractivity contribution in [2.24, 2.45) is 0 Å². The van der Waals surface area contributed by atoms with Crippen molar-refractivity contribution in [2.45, 2.75) is 24.5 Å². The van der Waals surface area contributed by atoms with Crippen LogP contribution >= 0.6 is 0 Å². The topological polar surface area (TPSA) is 75.7 Å². The summed E-state index contributed by atoms with van der Waals surface area (Å²) in [5.41, 5.74) is 1.51. The highest BCUT2D eigenvalue weighted by Gasteiger charge is 2.31. The van der Waals surface area contributed by atoms with Crippen LogP contribution in [0.15, 0.2) is 18.3 Å². The van der Waals surface area contributed by atoms with E-state index in [1.807, 2.05) is 12.1 Å². The summed E-state index contributed by atoms with van der Waals surface area (Å²) in [5, 5.41) is -0.275. The lowest BCUT2D eigenvalue weighted by Gasteiger charge is -2.05. The third-order valence-electron chi connectivity index (χ3n) is 3.19. The standard InChI is InChI=1S/C11H13N3O2S/c15-17(16)6-2-3-8(17)7-10-13-9-4-1-5-12-11(9)14-10/h1,4-5,8H,2-3,6-7H2,(H,12,13,14). The molecule has 17 heavy (non-hydrogen) atoms. The number of nitrogens with zero attached hydrogens (tertiary/aromatic N) is 2. The van der Waals surface area contributed by atoms with E-state index in [0.717, 1.165) is 18.4 Å². The fraction of sp³-hybridized carbons (Fsp3) is 0.455. The number of hydrogen-bond acceptors (Lipinski definition) is 4. The predicted molar refractivity (Wildman–Crippen MR) is 64.4 cm³/mol. The third kappa shape index (κ3) is 1.93. The van der Waals surface area contributed by atoms with E-state index in [0.29, 0.717) is 23.6 Å². The highest BCUT2D eigenvalue weighted by atomic mass is 32.2. The molecule has 0 radical (unpaired) electrons. The van der Waals surface area contributed by atoms with Crippen LogP contribution in [-0.4, -0.2) is 34.4 Å². The van der Waals surface area contributed by atoms with Crippen LogP contribution in [-0.2, 0) is 16.3 Å². The quantitative estimate of drug-likeness (QED) is 0.866. The molecule has 2 aromatic rings. The molecular weight excluding hydrogens is 238 g/mol. The van der Waals surface area contributed by atoms with Crippen molar-refractivity contribution in [3.05, 3.63) is 24.2 Å². The van der Waals surface area contributed by atoms with E-state index in [4.69, 9.17) is 0 Å². The van der Waals surface area contributed by atoms with Crippen LogP contribution in [0.5, 0.6) is 0 Å². The fourth-order valence-corrected chi connectivity index (χ4v) is 4.13. The molecule has 6 heteroatoms. The molecule has 1 N–H and O–H groups in total. The minimum absolute atomic E-state index is 0.275. The molecule has 1 saturated heterocycles. The SMILES string of the molecule is O=S1(=O)CCCC1Cc1nc2ncccc2[nH]1. The van der Waals surface area contributed by atoms with Gasteiger partial charge in [0.2, 0.25) is 0 Å². The second kappa shape index (κ2) is 3.80. The fourth-order valence-electron chi connectivity index (χ4n) is 2.29. The summed E-state index contributed by atoms with van der Waals surface area (Å²) >= 11 is 0. The predicted octanol–water partition coefficient (Wildman–Crippen LogP) is 1.08. The molecule has 0 amide bonds. The molecule has 0 spiro atoms. The van der Waals surface area contributed by atoms with Crippen LogP contribution in [0.4, 0.5) is 0 Å². The number of H-pyrrole nitrogens is 1. The zero-order valence-electron chi connectivity index (χ0n) is 9.26. The van der Waals surface area contributed by atoms with Crippen LogP contribution in [0.25, 0.3) is 11.2 Å². The van der Waals surface area contributed by atoms with Gasteiger partial charge in [-0.05, 0) is 25.0 Å². The highest BCUT2D eigenvalue weighted by molar-refractivity contribution is 7.92. The lowest BCUT2D eigenvalue weighted by molar-refractivity contribution is 0.586. The van der Waals surface area contributed by atoms with Crippen molar-refractivity contribution in [2.75, 3.05) is 5.75 Å². The molecule has 1 aliphatic rings. The second-order valence-electron chi connectivity index (χ2n) is 4.39. The van der Waals surface area contributed by atoms with Gasteiger partial charge in [-0.15, -0.1) is 0 Å². The number of aromatic amines is 1. The maximum atomic E-state index is 11.7. The maximum absolute atomic E-state index is 11.7. The van der Waals surface area contributed by atoms with Crippen molar-refractivity contribution >= 4 is 21.0 Å². The lowest BCUT2D eigenvalue weighted by atomic mass is 10.2. The minimum Gasteiger partial charge on any atom is -0.341 e. The van der Waals surface area contributed by atoms with E-state index in [2.05, 4.69) is 15.0 Å². The number of imidazole rings is 1. The minimum atomic E-state index is -2.90. The van der Waals surface area contributed by atoms with Crippen molar-refractivity contribution < 1.29 is 8.42 Å². The molecule has 1 fully saturated rings. The number of nitrogens with one attached hydrogen (secondary N) is 1. The van der Waals surface area contributed by atoms with Crippen LogP contribution in [0.2, 0.25) is 0 Å². The Bertz CT molecular complexity index is 615. The van der Waals surface area contributed by atoms with Crippen LogP contribution in [0, 0.1) is 0 Å². The van der Waals surface area contributed by atoms with Gasteiger partial charge in [0.15, 0.2) is 15.5 Å². The first-order chi connectivity index (χ1) is 8.15. The average molecular weight is 251 g/mol. The van der Waals surface area contributed by atoms with E-state index in [-0.39, 0.29) is 5.25 Å². The molecule has 1 atom stereocenters. The summed E-state index contributed by atoms with van der Waals surface area (Å²) in [7, 11) is -2.90. The number of rotatable bonds is 2. The molecule has 2 aromatic heterocycles. The molecule has 1 unspecified atom stereocenters. The third-order valence-corrected chi connectivity index (χ3v) is 5.47. The molecule has 0 saturated carbocycles. The largest absolute Gasteiger partial charge is 0.341 e. The molecule has 90 valence electrons. The number of sulfone groups is 1. The van der Waals surface area contributed by atoms with Crippen LogP contribution in [0.1, 0.15) is 18.7 Å². The van der Waals surface area contributed by atoms with Crippen molar-refractivity contribution in [3.8, 4) is 0 Å². The Balaban J connectivity index is 1.90. The number of pyridine rings is 1. The molecule has 0 bridgehead atoms. The summed E-state index contributed by atoms with van der Waals surface area (Å²) in [6.07, 6.45) is 3.66. The molecule has 3 rings (SSSR count). The van der Waals surface area contributed by atoms with Gasteiger partial charge < -0.3 is 4.98 Å². The Morgan fingerprint density at radius 1 is 1.47 bits per heavy atom. The molecule has 5 nitrogen and oxygen atoms in total. The van der Waals surface area contributed by atoms with Crippen molar-refractivity contribution in [1.82, 2.24) is 15.0 Å². The molecular formula is C11H13N3O2S. The lowest BCUT2D eigenvalue weighted by Crippen LogP contribution is -2.19. The summed E-state index contributed by atoms with van der Waals surface area (Å²) < 4.78 is 23.4. The molecule has 0 aromatic carbocycles. The van der Waals surface area contributed by atoms with Gasteiger partial charge in [-0.2, -0.15) is 0 Å². The summed E-state index contributed by atoms with van der Waals surface area (Å²) in [6, 6.07) is 3.72. The first kappa shape index (κ1) is 10.7.